The summed E-state index contributed by atoms with van der Waals surface area (Å²) in [6.07, 6.45) is 3.55. The molecule has 5 aliphatic rings. The molecule has 282 valence electrons. The fraction of sp³-hybridized carbons (Fsp3) is 0.462. The van der Waals surface area contributed by atoms with E-state index in [0.717, 1.165) is 92.4 Å². The van der Waals surface area contributed by atoms with E-state index in [2.05, 4.69) is 30.6 Å². The number of likely N-dealkylation sites (tertiary alicyclic amines) is 1. The first-order valence-corrected chi connectivity index (χ1v) is 18.8. The number of aromatic nitrogens is 2. The number of amides is 6. The van der Waals surface area contributed by atoms with Crippen LogP contribution in [0.4, 0.5) is 16.3 Å². The number of aromatic amines is 1. The zero-order chi connectivity index (χ0) is 37.5. The Hall–Kier alpha value is -5.57. The van der Waals surface area contributed by atoms with E-state index >= 15 is 0 Å². The monoisotopic (exact) mass is 736 g/mol. The van der Waals surface area contributed by atoms with Crippen LogP contribution in [0.1, 0.15) is 88.9 Å². The summed E-state index contributed by atoms with van der Waals surface area (Å²) in [5.74, 6) is -1.51. The molecule has 3 aromatic rings. The highest BCUT2D eigenvalue weighted by Gasteiger charge is 2.45. The third kappa shape index (κ3) is 7.19. The maximum absolute atomic E-state index is 13.3. The van der Waals surface area contributed by atoms with Gasteiger partial charge >= 0.3 is 6.09 Å². The van der Waals surface area contributed by atoms with Gasteiger partial charge in [-0.3, -0.25) is 44.2 Å². The molecule has 1 aliphatic carbocycles. The van der Waals surface area contributed by atoms with Gasteiger partial charge in [0.2, 0.25) is 17.7 Å². The van der Waals surface area contributed by atoms with E-state index in [-0.39, 0.29) is 60.5 Å². The number of carbonyl (C=O) groups is 6. The van der Waals surface area contributed by atoms with Crippen molar-refractivity contribution >= 4 is 47.1 Å². The number of piperazine rings is 1. The average molecular weight is 737 g/mol. The minimum atomic E-state index is -0.986. The molecular weight excluding hydrogens is 692 g/mol. The first-order chi connectivity index (χ1) is 26.1. The Bertz CT molecular complexity index is 1990. The molecule has 6 amide bonds. The number of H-pyrrole nitrogens is 1. The molecule has 0 radical (unpaired) electrons. The number of piperidine rings is 1. The Kier molecular flexibility index (Phi) is 9.65. The minimum absolute atomic E-state index is 0.0813. The van der Waals surface area contributed by atoms with E-state index < -0.39 is 29.7 Å². The van der Waals surface area contributed by atoms with Gasteiger partial charge in [-0.2, -0.15) is 5.10 Å². The van der Waals surface area contributed by atoms with Crippen LogP contribution in [0.15, 0.2) is 48.5 Å². The van der Waals surface area contributed by atoms with Crippen molar-refractivity contribution in [3.8, 4) is 0 Å². The van der Waals surface area contributed by atoms with Crippen molar-refractivity contribution in [2.24, 2.45) is 0 Å². The molecule has 1 saturated carbocycles. The number of anilines is 2. The number of rotatable bonds is 9. The second-order valence-corrected chi connectivity index (χ2v) is 15.0. The number of imide groups is 2. The van der Waals surface area contributed by atoms with Gasteiger partial charge in [0.15, 0.2) is 5.82 Å². The summed E-state index contributed by atoms with van der Waals surface area (Å²) in [4.78, 5) is 82.9. The van der Waals surface area contributed by atoms with Crippen LogP contribution in [-0.4, -0.2) is 111 Å². The van der Waals surface area contributed by atoms with Crippen LogP contribution in [0.3, 0.4) is 0 Å². The van der Waals surface area contributed by atoms with Gasteiger partial charge in [-0.1, -0.05) is 24.3 Å². The van der Waals surface area contributed by atoms with E-state index in [0.29, 0.717) is 5.82 Å². The van der Waals surface area contributed by atoms with Crippen LogP contribution in [0.5, 0.6) is 0 Å². The third-order valence-corrected chi connectivity index (χ3v) is 11.5. The van der Waals surface area contributed by atoms with Crippen LogP contribution >= 0.6 is 0 Å². The Balaban J connectivity index is 0.781. The molecule has 4 aliphatic heterocycles. The number of hydrogen-bond acceptors (Lipinski definition) is 10. The van der Waals surface area contributed by atoms with Gasteiger partial charge in [0.05, 0.1) is 17.5 Å². The summed E-state index contributed by atoms with van der Waals surface area (Å²) in [6.45, 7) is 6.61. The Morgan fingerprint density at radius 2 is 1.63 bits per heavy atom. The smallest absolute Gasteiger partial charge is 0.410 e. The Morgan fingerprint density at radius 1 is 0.870 bits per heavy atom. The summed E-state index contributed by atoms with van der Waals surface area (Å²) < 4.78 is 5.73. The summed E-state index contributed by atoms with van der Waals surface area (Å²) >= 11 is 0. The molecule has 0 spiro atoms. The molecule has 15 nitrogen and oxygen atoms in total. The molecule has 4 atom stereocenters. The molecule has 1 aromatic heterocycles. The molecule has 54 heavy (non-hydrogen) atoms. The normalized spacial score (nSPS) is 24.4. The number of carbonyl (C=O) groups excluding carboxylic acids is 6. The van der Waals surface area contributed by atoms with Gasteiger partial charge in [0.1, 0.15) is 12.1 Å². The van der Waals surface area contributed by atoms with Gasteiger partial charge in [-0.05, 0) is 68.4 Å². The van der Waals surface area contributed by atoms with Crippen LogP contribution in [0.25, 0.3) is 0 Å². The average Bonchev–Trinajstić information content (AvgIpc) is 3.87. The van der Waals surface area contributed by atoms with Crippen molar-refractivity contribution in [3.63, 3.8) is 0 Å². The van der Waals surface area contributed by atoms with Crippen LogP contribution in [0.2, 0.25) is 0 Å². The van der Waals surface area contributed by atoms with Crippen molar-refractivity contribution in [2.45, 2.75) is 82.5 Å². The van der Waals surface area contributed by atoms with Gasteiger partial charge in [-0.25, -0.2) is 4.79 Å². The summed E-state index contributed by atoms with van der Waals surface area (Å²) in [5.41, 5.74) is 4.37. The number of nitrogens with one attached hydrogen (secondary N) is 3. The largest absolute Gasteiger partial charge is 0.446 e. The van der Waals surface area contributed by atoms with Crippen molar-refractivity contribution in [1.82, 2.24) is 30.2 Å². The maximum Gasteiger partial charge on any atom is 0.410 e. The summed E-state index contributed by atoms with van der Waals surface area (Å²) in [7, 11) is 0. The van der Waals surface area contributed by atoms with Crippen LogP contribution in [-0.2, 0) is 32.1 Å². The molecule has 8 rings (SSSR count). The second-order valence-electron chi connectivity index (χ2n) is 15.0. The van der Waals surface area contributed by atoms with E-state index in [1.54, 1.807) is 17.0 Å². The molecule has 1 unspecified atom stereocenters. The molecule has 5 heterocycles. The highest BCUT2D eigenvalue weighted by atomic mass is 16.6. The molecular formula is C39H44N8O7. The number of hydrogen-bond donors (Lipinski definition) is 3. The number of nitrogens with zero attached hydrogens (tertiary/aromatic N) is 5. The van der Waals surface area contributed by atoms with Gasteiger partial charge in [0.25, 0.3) is 11.8 Å². The number of benzene rings is 2. The fourth-order valence-electron chi connectivity index (χ4n) is 8.15. The van der Waals surface area contributed by atoms with Gasteiger partial charge < -0.3 is 19.9 Å². The molecule has 2 aromatic carbocycles. The first kappa shape index (κ1) is 35.5. The highest BCUT2D eigenvalue weighted by Crippen LogP contribution is 2.37. The summed E-state index contributed by atoms with van der Waals surface area (Å²) in [6, 6.07) is 14.4. The van der Waals surface area contributed by atoms with Crippen molar-refractivity contribution in [2.75, 3.05) is 42.9 Å². The quantitative estimate of drug-likeness (QED) is 0.277. The van der Waals surface area contributed by atoms with Crippen molar-refractivity contribution < 1.29 is 33.5 Å². The number of ether oxygens (including phenoxy) is 1. The molecule has 15 heteroatoms. The zero-order valence-electron chi connectivity index (χ0n) is 30.2. The topological polar surface area (TPSA) is 177 Å². The lowest BCUT2D eigenvalue weighted by Gasteiger charge is -2.38. The third-order valence-electron chi connectivity index (χ3n) is 11.5. The summed E-state index contributed by atoms with van der Waals surface area (Å²) in [5, 5.41) is 12.5. The SMILES string of the molecule is C[C@H]1CCN1C(=O)O[C@@H]1CC[C@H](c2cc(NC(=O)Cc3ccc(CN4CCN(c5ccc6c(c5)C(=O)N(C5CCC(=O)NC5=O)C6=O)CC4)cc3)n[nH]2)C1. The molecule has 3 N–H and O–H groups in total. The molecule has 0 bridgehead atoms. The standard InChI is InChI=1S/C39H44N8O7/c1-23-12-13-46(23)39(53)54-28-8-6-26(19-28)31-21-33(43-42-31)40-35(49)18-24-2-4-25(5-3-24)22-44-14-16-45(17-15-44)27-7-9-29-30(20-27)38(52)47(37(29)51)32-10-11-34(48)41-36(32)50/h2-5,7,9,20-21,23,26,28,32H,6,8,10-19,22H2,1H3,(H,41,48,50)(H2,40,42,43,49)/t23-,26-,28+,32?/m0/s1. The van der Waals surface area contributed by atoms with E-state index in [1.807, 2.05) is 43.3 Å². The lowest BCUT2D eigenvalue weighted by atomic mass is 10.0. The van der Waals surface area contributed by atoms with E-state index in [1.165, 1.54) is 0 Å². The maximum atomic E-state index is 13.3. The zero-order valence-corrected chi connectivity index (χ0v) is 30.2. The van der Waals surface area contributed by atoms with Crippen LogP contribution < -0.4 is 15.5 Å². The van der Waals surface area contributed by atoms with Crippen LogP contribution in [0, 0.1) is 0 Å². The number of fused-ring (bicyclic) bond motifs is 1. The predicted octanol–water partition coefficient (Wildman–Crippen LogP) is 3.18. The second kappa shape index (κ2) is 14.7. The minimum Gasteiger partial charge on any atom is -0.446 e. The fourth-order valence-corrected chi connectivity index (χ4v) is 8.15. The van der Waals surface area contributed by atoms with Crippen molar-refractivity contribution in [1.29, 1.82) is 0 Å². The first-order valence-electron chi connectivity index (χ1n) is 18.8. The van der Waals surface area contributed by atoms with Gasteiger partial charge in [0, 0.05) is 75.1 Å². The highest BCUT2D eigenvalue weighted by molar-refractivity contribution is 6.23. The molecule has 3 saturated heterocycles. The van der Waals surface area contributed by atoms with E-state index in [4.69, 9.17) is 4.74 Å². The lowest BCUT2D eigenvalue weighted by Crippen LogP contribution is -2.54. The predicted molar refractivity (Wildman–Crippen MR) is 196 cm³/mol. The van der Waals surface area contributed by atoms with E-state index in [9.17, 15) is 28.8 Å². The molecule has 4 fully saturated rings. The van der Waals surface area contributed by atoms with Gasteiger partial charge in [-0.15, -0.1) is 0 Å². The lowest BCUT2D eigenvalue weighted by molar-refractivity contribution is -0.136. The Morgan fingerprint density at radius 3 is 2.35 bits per heavy atom. The Labute approximate surface area is 312 Å². The van der Waals surface area contributed by atoms with Crippen molar-refractivity contribution in [3.05, 3.63) is 76.5 Å².